The Morgan fingerprint density at radius 1 is 0.919 bits per heavy atom. The topological polar surface area (TPSA) is 133 Å². The Hall–Kier alpha value is -4.29. The van der Waals surface area contributed by atoms with Gasteiger partial charge in [0.15, 0.2) is 4.80 Å². The van der Waals surface area contributed by atoms with Gasteiger partial charge in [0.2, 0.25) is 0 Å². The molecule has 0 aliphatic heterocycles. The molecule has 1 amide bonds. The molecule has 0 fully saturated rings. The number of carbonyl (C=O) groups is 3. The monoisotopic (exact) mass is 539 g/mol. The van der Waals surface area contributed by atoms with Gasteiger partial charge < -0.3 is 14.0 Å². The van der Waals surface area contributed by atoms with Crippen molar-refractivity contribution in [1.82, 2.24) is 4.57 Å². The summed E-state index contributed by atoms with van der Waals surface area (Å²) in [6, 6.07) is 18.5. The summed E-state index contributed by atoms with van der Waals surface area (Å²) >= 11 is 1.10. The Morgan fingerprint density at radius 2 is 1.68 bits per heavy atom. The first-order chi connectivity index (χ1) is 17.7. The van der Waals surface area contributed by atoms with E-state index in [0.29, 0.717) is 15.8 Å². The average Bonchev–Trinajstić information content (AvgIpc) is 3.24. The number of amides is 1. The lowest BCUT2D eigenvalue weighted by molar-refractivity contribution is -0.141. The van der Waals surface area contributed by atoms with Crippen molar-refractivity contribution in [2.45, 2.75) is 11.4 Å². The number of fused-ring (bicyclic) bond motifs is 1. The molecule has 0 bridgehead atoms. The Labute approximate surface area is 215 Å². The second-order valence-corrected chi connectivity index (χ2v) is 10.3. The van der Waals surface area contributed by atoms with Crippen molar-refractivity contribution < 1.29 is 32.3 Å². The maximum atomic E-state index is 13.1. The van der Waals surface area contributed by atoms with Gasteiger partial charge >= 0.3 is 11.9 Å². The van der Waals surface area contributed by atoms with Gasteiger partial charge in [-0.05, 0) is 48.5 Å². The van der Waals surface area contributed by atoms with Gasteiger partial charge in [0.25, 0.3) is 15.9 Å². The molecule has 1 aromatic heterocycles. The molecule has 4 aromatic rings. The van der Waals surface area contributed by atoms with Crippen molar-refractivity contribution in [3.05, 3.63) is 88.7 Å². The number of sulfonamides is 1. The normalized spacial score (nSPS) is 11.8. The molecule has 1 N–H and O–H groups in total. The van der Waals surface area contributed by atoms with E-state index in [9.17, 15) is 22.8 Å². The maximum Gasteiger partial charge on any atom is 0.337 e. The number of benzene rings is 3. The van der Waals surface area contributed by atoms with Crippen LogP contribution in [0.15, 0.2) is 82.7 Å². The number of hydrogen-bond donors (Lipinski definition) is 1. The van der Waals surface area contributed by atoms with Gasteiger partial charge in [0, 0.05) is 11.3 Å². The van der Waals surface area contributed by atoms with Gasteiger partial charge in [-0.15, -0.1) is 0 Å². The van der Waals surface area contributed by atoms with Crippen LogP contribution in [-0.4, -0.2) is 45.1 Å². The number of rotatable bonds is 7. The molecule has 0 saturated heterocycles. The van der Waals surface area contributed by atoms with E-state index in [1.54, 1.807) is 36.4 Å². The molecule has 0 aliphatic rings. The number of thiazole rings is 1. The Morgan fingerprint density at radius 3 is 2.38 bits per heavy atom. The molecular formula is C25H21N3O7S2. The lowest BCUT2D eigenvalue weighted by Crippen LogP contribution is -2.22. The molecule has 0 unspecified atom stereocenters. The molecule has 37 heavy (non-hydrogen) atoms. The summed E-state index contributed by atoms with van der Waals surface area (Å²) in [4.78, 5) is 41.5. The van der Waals surface area contributed by atoms with Crippen molar-refractivity contribution >= 4 is 55.1 Å². The number of ether oxygens (including phenoxy) is 2. The van der Waals surface area contributed by atoms with Crippen molar-refractivity contribution in [3.63, 3.8) is 0 Å². The van der Waals surface area contributed by atoms with Gasteiger partial charge in [0.05, 0.1) is 34.9 Å². The Bertz CT molecular complexity index is 1670. The number of hydrogen-bond acceptors (Lipinski definition) is 8. The minimum Gasteiger partial charge on any atom is -0.468 e. The second-order valence-electron chi connectivity index (χ2n) is 7.64. The van der Waals surface area contributed by atoms with Crippen molar-refractivity contribution in [2.24, 2.45) is 4.99 Å². The minimum atomic E-state index is -3.85. The molecule has 4 rings (SSSR count). The van der Waals surface area contributed by atoms with Gasteiger partial charge in [-0.2, -0.15) is 4.99 Å². The van der Waals surface area contributed by atoms with E-state index in [4.69, 9.17) is 9.47 Å². The van der Waals surface area contributed by atoms with Crippen LogP contribution in [0.25, 0.3) is 10.2 Å². The third kappa shape index (κ3) is 5.76. The van der Waals surface area contributed by atoms with Crippen LogP contribution < -0.4 is 9.52 Å². The average molecular weight is 540 g/mol. The molecule has 0 atom stereocenters. The van der Waals surface area contributed by atoms with Crippen molar-refractivity contribution in [1.29, 1.82) is 0 Å². The number of aromatic nitrogens is 1. The highest BCUT2D eigenvalue weighted by Crippen LogP contribution is 2.21. The SMILES string of the molecule is COC(=O)Cn1c(=NC(=O)c2cccc(NS(=O)(=O)c3ccccc3)c2)sc2cc(C(=O)OC)ccc21. The Balaban J connectivity index is 1.72. The van der Waals surface area contributed by atoms with Crippen molar-refractivity contribution in [3.8, 4) is 0 Å². The number of esters is 2. The van der Waals surface area contributed by atoms with Crippen LogP contribution in [0.5, 0.6) is 0 Å². The van der Waals surface area contributed by atoms with Gasteiger partial charge in [-0.3, -0.25) is 14.3 Å². The highest BCUT2D eigenvalue weighted by Gasteiger charge is 2.17. The molecule has 0 radical (unpaired) electrons. The van der Waals surface area contributed by atoms with E-state index in [1.165, 1.54) is 55.2 Å². The van der Waals surface area contributed by atoms with E-state index in [1.807, 2.05) is 0 Å². The highest BCUT2D eigenvalue weighted by molar-refractivity contribution is 7.92. The largest absolute Gasteiger partial charge is 0.468 e. The maximum absolute atomic E-state index is 13.1. The molecule has 3 aromatic carbocycles. The van der Waals surface area contributed by atoms with Gasteiger partial charge in [-0.25, -0.2) is 13.2 Å². The first kappa shape index (κ1) is 25.8. The molecule has 0 aliphatic carbocycles. The second kappa shape index (κ2) is 10.8. The summed E-state index contributed by atoms with van der Waals surface area (Å²) in [5.41, 5.74) is 1.19. The van der Waals surface area contributed by atoms with Crippen LogP contribution >= 0.6 is 11.3 Å². The van der Waals surface area contributed by atoms with E-state index in [0.717, 1.165) is 11.3 Å². The third-order valence-corrected chi connectivity index (χ3v) is 7.67. The smallest absolute Gasteiger partial charge is 0.337 e. The molecule has 12 heteroatoms. The summed E-state index contributed by atoms with van der Waals surface area (Å²) in [5.74, 6) is -1.73. The van der Waals surface area contributed by atoms with Crippen molar-refractivity contribution in [2.75, 3.05) is 18.9 Å². The fourth-order valence-corrected chi connectivity index (χ4v) is 5.57. The zero-order valence-corrected chi connectivity index (χ0v) is 21.3. The number of nitrogens with one attached hydrogen (secondary N) is 1. The Kier molecular flexibility index (Phi) is 7.50. The molecule has 10 nitrogen and oxygen atoms in total. The fraction of sp³-hybridized carbons (Fsp3) is 0.120. The summed E-state index contributed by atoms with van der Waals surface area (Å²) in [6.07, 6.45) is 0. The summed E-state index contributed by atoms with van der Waals surface area (Å²) in [5, 5.41) is 0. The highest BCUT2D eigenvalue weighted by atomic mass is 32.2. The van der Waals surface area contributed by atoms with E-state index in [-0.39, 0.29) is 27.5 Å². The predicted octanol–water partition coefficient (Wildman–Crippen LogP) is 3.20. The predicted molar refractivity (Wildman–Crippen MR) is 137 cm³/mol. The first-order valence-electron chi connectivity index (χ1n) is 10.8. The zero-order chi connectivity index (χ0) is 26.6. The molecule has 1 heterocycles. The van der Waals surface area contributed by atoms with Crippen LogP contribution in [-0.2, 0) is 30.8 Å². The number of methoxy groups -OCH3 is 2. The number of carbonyl (C=O) groups excluding carboxylic acids is 3. The molecule has 0 saturated carbocycles. The number of anilines is 1. The van der Waals surface area contributed by atoms with Gasteiger partial charge in [-0.1, -0.05) is 35.6 Å². The van der Waals surface area contributed by atoms with Crippen LogP contribution in [0.4, 0.5) is 5.69 Å². The molecule has 0 spiro atoms. The van der Waals surface area contributed by atoms with E-state index < -0.39 is 27.9 Å². The fourth-order valence-electron chi connectivity index (χ4n) is 3.43. The van der Waals surface area contributed by atoms with Crippen LogP contribution in [0.2, 0.25) is 0 Å². The minimum absolute atomic E-state index is 0.0804. The molecular weight excluding hydrogens is 518 g/mol. The van der Waals surface area contributed by atoms with Crippen LogP contribution in [0.3, 0.4) is 0 Å². The summed E-state index contributed by atoms with van der Waals surface area (Å²) in [6.45, 7) is -0.211. The van der Waals surface area contributed by atoms with Crippen LogP contribution in [0.1, 0.15) is 20.7 Å². The molecule has 190 valence electrons. The zero-order valence-electron chi connectivity index (χ0n) is 19.7. The van der Waals surface area contributed by atoms with Gasteiger partial charge in [0.1, 0.15) is 6.54 Å². The van der Waals surface area contributed by atoms with E-state index >= 15 is 0 Å². The first-order valence-corrected chi connectivity index (χ1v) is 13.1. The lowest BCUT2D eigenvalue weighted by Gasteiger charge is -2.08. The third-order valence-electron chi connectivity index (χ3n) is 5.23. The lowest BCUT2D eigenvalue weighted by atomic mass is 10.2. The summed E-state index contributed by atoms with van der Waals surface area (Å²) < 4.78 is 39.4. The van der Waals surface area contributed by atoms with E-state index in [2.05, 4.69) is 9.71 Å². The summed E-state index contributed by atoms with van der Waals surface area (Å²) in [7, 11) is -1.34. The quantitative estimate of drug-likeness (QED) is 0.357. The standard InChI is InChI=1S/C25H21N3O7S2/c1-34-22(29)15-28-20-12-11-17(24(31)35-2)14-21(20)36-25(28)26-23(30)16-7-6-8-18(13-16)27-37(32,33)19-9-4-3-5-10-19/h3-14,27H,15H2,1-2H3. The van der Waals surface area contributed by atoms with Crippen LogP contribution in [0, 0.1) is 0 Å². The number of nitrogens with zero attached hydrogens (tertiary/aromatic N) is 2.